The number of anilines is 1. The first-order valence-electron chi connectivity index (χ1n) is 11.2. The number of ether oxygens (including phenoxy) is 1. The molecule has 35 heavy (non-hydrogen) atoms. The lowest BCUT2D eigenvalue weighted by atomic mass is 9.93. The Bertz CT molecular complexity index is 1360. The molecule has 2 aromatic heterocycles. The largest absolute Gasteiger partial charge is 0.497 e. The van der Waals surface area contributed by atoms with Gasteiger partial charge >= 0.3 is 0 Å². The molecule has 0 saturated carbocycles. The van der Waals surface area contributed by atoms with Gasteiger partial charge in [0.15, 0.2) is 0 Å². The van der Waals surface area contributed by atoms with E-state index in [9.17, 15) is 9.59 Å². The minimum absolute atomic E-state index is 0.246. The van der Waals surface area contributed by atoms with Crippen molar-refractivity contribution < 1.29 is 18.7 Å². The van der Waals surface area contributed by atoms with E-state index in [1.165, 1.54) is 0 Å². The standard InChI is InChI=1S/C27H24ClN3O4/c1-27(26(33)29-16-18-5-7-19(28)8-6-18)17-30-22(24-4-3-15-35-24)13-14-23(30)25(32)31(27)20-9-11-21(34-2)12-10-20/h3-15H,16-17H2,1-2H3,(H,29,33)/t27-/m0/s1. The van der Waals surface area contributed by atoms with Crippen LogP contribution in [-0.2, 0) is 17.9 Å². The summed E-state index contributed by atoms with van der Waals surface area (Å²) in [6, 6.07) is 21.6. The molecule has 0 fully saturated rings. The molecule has 0 spiro atoms. The zero-order chi connectivity index (χ0) is 24.6. The number of benzene rings is 2. The van der Waals surface area contributed by atoms with Crippen molar-refractivity contribution in [2.45, 2.75) is 25.6 Å². The van der Waals surface area contributed by atoms with Gasteiger partial charge in [-0.05, 0) is 73.2 Å². The number of fused-ring (bicyclic) bond motifs is 1. The monoisotopic (exact) mass is 489 g/mol. The van der Waals surface area contributed by atoms with Crippen LogP contribution in [0.5, 0.6) is 5.75 Å². The van der Waals surface area contributed by atoms with Crippen molar-refractivity contribution in [3.63, 3.8) is 0 Å². The summed E-state index contributed by atoms with van der Waals surface area (Å²) >= 11 is 5.99. The highest BCUT2D eigenvalue weighted by Crippen LogP contribution is 2.37. The summed E-state index contributed by atoms with van der Waals surface area (Å²) in [5.41, 5.74) is 1.51. The number of amides is 2. The van der Waals surface area contributed by atoms with Crippen LogP contribution in [0.25, 0.3) is 11.5 Å². The second-order valence-electron chi connectivity index (χ2n) is 8.59. The van der Waals surface area contributed by atoms with E-state index < -0.39 is 5.54 Å². The van der Waals surface area contributed by atoms with Crippen LogP contribution in [0.2, 0.25) is 5.02 Å². The van der Waals surface area contributed by atoms with Crippen LogP contribution in [0.4, 0.5) is 5.69 Å². The van der Waals surface area contributed by atoms with Crippen LogP contribution < -0.4 is 15.0 Å². The Morgan fingerprint density at radius 2 is 1.77 bits per heavy atom. The number of methoxy groups -OCH3 is 1. The minimum atomic E-state index is -1.22. The van der Waals surface area contributed by atoms with Gasteiger partial charge in [0.05, 0.1) is 25.6 Å². The number of aromatic nitrogens is 1. The molecule has 3 heterocycles. The second kappa shape index (κ2) is 9.00. The van der Waals surface area contributed by atoms with Crippen LogP contribution in [0.15, 0.2) is 83.5 Å². The summed E-state index contributed by atoms with van der Waals surface area (Å²) in [6.07, 6.45) is 1.58. The van der Waals surface area contributed by atoms with Gasteiger partial charge in [-0.15, -0.1) is 0 Å². The predicted octanol–water partition coefficient (Wildman–Crippen LogP) is 5.15. The van der Waals surface area contributed by atoms with Gasteiger partial charge in [-0.25, -0.2) is 0 Å². The quantitative estimate of drug-likeness (QED) is 0.406. The Kier molecular flexibility index (Phi) is 5.86. The number of nitrogens with one attached hydrogen (secondary N) is 1. The van der Waals surface area contributed by atoms with Gasteiger partial charge in [-0.3, -0.25) is 14.5 Å². The molecule has 0 aliphatic carbocycles. The van der Waals surface area contributed by atoms with Crippen LogP contribution in [0.1, 0.15) is 23.0 Å². The first kappa shape index (κ1) is 22.8. The van der Waals surface area contributed by atoms with Gasteiger partial charge in [0.25, 0.3) is 5.91 Å². The third-order valence-corrected chi connectivity index (χ3v) is 6.57. The van der Waals surface area contributed by atoms with Crippen LogP contribution in [0.3, 0.4) is 0 Å². The highest BCUT2D eigenvalue weighted by molar-refractivity contribution is 6.30. The fraction of sp³-hybridized carbons (Fsp3) is 0.185. The predicted molar refractivity (Wildman–Crippen MR) is 134 cm³/mol. The number of carbonyl (C=O) groups excluding carboxylic acids is 2. The van der Waals surface area contributed by atoms with Crippen LogP contribution >= 0.6 is 11.6 Å². The van der Waals surface area contributed by atoms with Crippen molar-refractivity contribution in [3.05, 3.63) is 95.3 Å². The molecule has 178 valence electrons. The van der Waals surface area contributed by atoms with Crippen molar-refractivity contribution in [3.8, 4) is 17.2 Å². The summed E-state index contributed by atoms with van der Waals surface area (Å²) in [5.74, 6) is 0.742. The molecule has 0 unspecified atom stereocenters. The maximum Gasteiger partial charge on any atom is 0.275 e. The Hall–Kier alpha value is -3.97. The third-order valence-electron chi connectivity index (χ3n) is 6.32. The molecule has 0 saturated heterocycles. The molecule has 1 aliphatic rings. The highest BCUT2D eigenvalue weighted by Gasteiger charge is 2.48. The molecule has 1 aliphatic heterocycles. The molecule has 8 heteroatoms. The number of furan rings is 1. The molecule has 1 N–H and O–H groups in total. The smallest absolute Gasteiger partial charge is 0.275 e. The maximum atomic E-state index is 13.8. The maximum absolute atomic E-state index is 13.8. The topological polar surface area (TPSA) is 76.7 Å². The van der Waals surface area contributed by atoms with Gasteiger partial charge in [0.2, 0.25) is 5.91 Å². The van der Waals surface area contributed by atoms with Gasteiger partial charge in [-0.2, -0.15) is 0 Å². The molecule has 7 nitrogen and oxygen atoms in total. The van der Waals surface area contributed by atoms with E-state index in [0.29, 0.717) is 34.5 Å². The van der Waals surface area contributed by atoms with Crippen molar-refractivity contribution in [2.24, 2.45) is 0 Å². The summed E-state index contributed by atoms with van der Waals surface area (Å²) in [5, 5.41) is 3.64. The Morgan fingerprint density at radius 1 is 1.06 bits per heavy atom. The van der Waals surface area contributed by atoms with E-state index >= 15 is 0 Å². The van der Waals surface area contributed by atoms with E-state index in [4.69, 9.17) is 20.8 Å². The molecule has 0 bridgehead atoms. The van der Waals surface area contributed by atoms with E-state index in [2.05, 4.69) is 5.32 Å². The number of hydrogen-bond donors (Lipinski definition) is 1. The van der Waals surface area contributed by atoms with Crippen molar-refractivity contribution >= 4 is 29.1 Å². The van der Waals surface area contributed by atoms with E-state index in [-0.39, 0.29) is 18.4 Å². The molecular weight excluding hydrogens is 466 g/mol. The Balaban J connectivity index is 1.54. The average molecular weight is 490 g/mol. The van der Waals surface area contributed by atoms with E-state index in [1.807, 2.05) is 28.8 Å². The van der Waals surface area contributed by atoms with E-state index in [1.54, 1.807) is 73.7 Å². The number of carbonyl (C=O) groups is 2. The van der Waals surface area contributed by atoms with Gasteiger partial charge in [-0.1, -0.05) is 23.7 Å². The first-order valence-corrected chi connectivity index (χ1v) is 11.5. The van der Waals surface area contributed by atoms with Crippen LogP contribution in [-0.4, -0.2) is 29.0 Å². The van der Waals surface area contributed by atoms with Crippen LogP contribution in [0, 0.1) is 0 Å². The molecule has 5 rings (SSSR count). The van der Waals surface area contributed by atoms with Gasteiger partial charge in [0.1, 0.15) is 22.7 Å². The summed E-state index contributed by atoms with van der Waals surface area (Å²) in [4.78, 5) is 29.1. The van der Waals surface area contributed by atoms with E-state index in [0.717, 1.165) is 11.3 Å². The Labute approximate surface area is 207 Å². The summed E-state index contributed by atoms with van der Waals surface area (Å²) in [6.45, 7) is 2.33. The molecular formula is C27H24ClN3O4. The molecule has 0 radical (unpaired) electrons. The number of rotatable bonds is 6. The average Bonchev–Trinajstić information content (AvgIpc) is 3.54. The Morgan fingerprint density at radius 3 is 2.43 bits per heavy atom. The SMILES string of the molecule is COc1ccc(N2C(=O)c3ccc(-c4ccco4)n3C[C@@]2(C)C(=O)NCc2ccc(Cl)cc2)cc1. The minimum Gasteiger partial charge on any atom is -0.497 e. The summed E-state index contributed by atoms with van der Waals surface area (Å²) < 4.78 is 12.7. The fourth-order valence-electron chi connectivity index (χ4n) is 4.46. The first-order chi connectivity index (χ1) is 16.9. The zero-order valence-corrected chi connectivity index (χ0v) is 20.1. The van der Waals surface area contributed by atoms with Gasteiger partial charge in [0, 0.05) is 17.3 Å². The normalized spacial score (nSPS) is 17.2. The van der Waals surface area contributed by atoms with Crippen molar-refractivity contribution in [1.29, 1.82) is 0 Å². The lowest BCUT2D eigenvalue weighted by Crippen LogP contribution is -2.64. The zero-order valence-electron chi connectivity index (χ0n) is 19.3. The lowest BCUT2D eigenvalue weighted by molar-refractivity contribution is -0.126. The molecule has 2 amide bonds. The highest BCUT2D eigenvalue weighted by atomic mass is 35.5. The molecule has 2 aromatic carbocycles. The van der Waals surface area contributed by atoms with Gasteiger partial charge < -0.3 is 19.0 Å². The fourth-order valence-corrected chi connectivity index (χ4v) is 4.59. The number of hydrogen-bond acceptors (Lipinski definition) is 4. The third kappa shape index (κ3) is 4.08. The lowest BCUT2D eigenvalue weighted by Gasteiger charge is -2.44. The number of halogens is 1. The van der Waals surface area contributed by atoms with Crippen molar-refractivity contribution in [2.75, 3.05) is 12.0 Å². The second-order valence-corrected chi connectivity index (χ2v) is 9.03. The molecule has 1 atom stereocenters. The summed E-state index contributed by atoms with van der Waals surface area (Å²) in [7, 11) is 1.58. The number of nitrogens with zero attached hydrogens (tertiary/aromatic N) is 2. The molecule has 4 aromatic rings. The van der Waals surface area contributed by atoms with Crippen molar-refractivity contribution in [1.82, 2.24) is 9.88 Å².